The number of hydrogen-bond acceptors (Lipinski definition) is 2. The summed E-state index contributed by atoms with van der Waals surface area (Å²) in [4.78, 5) is 0.350. The summed E-state index contributed by atoms with van der Waals surface area (Å²) in [7, 11) is -3.58. The molecule has 0 saturated heterocycles. The molecular weight excluding hydrogens is 340 g/mol. The Bertz CT molecular complexity index is 878. The van der Waals surface area contributed by atoms with E-state index in [0.29, 0.717) is 4.90 Å². The molecule has 0 spiro atoms. The average molecular weight is 369 g/mol. The molecule has 2 aromatic rings. The molecular formula is C23H28O2S. The Morgan fingerprint density at radius 2 is 1.42 bits per heavy atom. The van der Waals surface area contributed by atoms with Crippen molar-refractivity contribution >= 4 is 9.84 Å². The SMILES string of the molecule is C=C(C)C(C)C(C(C(=C)C)c1ccccc1)S(=O)(=O)c1ccc(C)cc1. The molecule has 26 heavy (non-hydrogen) atoms. The van der Waals surface area contributed by atoms with Crippen molar-refractivity contribution in [1.29, 1.82) is 0 Å². The number of hydrogen-bond donors (Lipinski definition) is 0. The van der Waals surface area contributed by atoms with E-state index in [9.17, 15) is 8.42 Å². The van der Waals surface area contributed by atoms with Crippen LogP contribution in [-0.4, -0.2) is 13.7 Å². The van der Waals surface area contributed by atoms with Crippen molar-refractivity contribution in [2.45, 2.75) is 43.8 Å². The van der Waals surface area contributed by atoms with Gasteiger partial charge in [-0.05, 0) is 44.4 Å². The molecule has 3 unspecified atom stereocenters. The minimum absolute atomic E-state index is 0.205. The number of allylic oxidation sites excluding steroid dienone is 2. The molecule has 0 radical (unpaired) electrons. The van der Waals surface area contributed by atoms with Gasteiger partial charge in [0.1, 0.15) is 0 Å². The van der Waals surface area contributed by atoms with Crippen LogP contribution in [0.25, 0.3) is 0 Å². The fraction of sp³-hybridized carbons (Fsp3) is 0.304. The van der Waals surface area contributed by atoms with E-state index < -0.39 is 15.1 Å². The molecule has 0 bridgehead atoms. The van der Waals surface area contributed by atoms with Gasteiger partial charge in [0, 0.05) is 5.92 Å². The number of benzene rings is 2. The van der Waals surface area contributed by atoms with E-state index in [1.165, 1.54) is 0 Å². The zero-order valence-corrected chi connectivity index (χ0v) is 16.9. The van der Waals surface area contributed by atoms with Crippen LogP contribution in [0.4, 0.5) is 0 Å². The highest BCUT2D eigenvalue weighted by molar-refractivity contribution is 7.92. The summed E-state index contributed by atoms with van der Waals surface area (Å²) in [6, 6.07) is 16.8. The zero-order valence-electron chi connectivity index (χ0n) is 16.1. The average Bonchev–Trinajstić information content (AvgIpc) is 2.59. The third-order valence-electron chi connectivity index (χ3n) is 5.00. The lowest BCUT2D eigenvalue weighted by atomic mass is 9.82. The molecule has 0 saturated carbocycles. The van der Waals surface area contributed by atoms with Gasteiger partial charge in [-0.2, -0.15) is 0 Å². The van der Waals surface area contributed by atoms with Gasteiger partial charge < -0.3 is 0 Å². The predicted octanol–water partition coefficient (Wildman–Crippen LogP) is 5.71. The first-order chi connectivity index (χ1) is 12.2. The Balaban J connectivity index is 2.67. The van der Waals surface area contributed by atoms with Crippen molar-refractivity contribution in [3.63, 3.8) is 0 Å². The molecule has 0 aliphatic carbocycles. The van der Waals surface area contributed by atoms with E-state index >= 15 is 0 Å². The summed E-state index contributed by atoms with van der Waals surface area (Å²) in [5.41, 5.74) is 3.69. The molecule has 0 aromatic heterocycles. The van der Waals surface area contributed by atoms with Crippen molar-refractivity contribution < 1.29 is 8.42 Å². The van der Waals surface area contributed by atoms with Gasteiger partial charge in [0.15, 0.2) is 9.84 Å². The molecule has 3 heteroatoms. The molecule has 0 aliphatic heterocycles. The van der Waals surface area contributed by atoms with E-state index in [0.717, 1.165) is 22.3 Å². The number of aryl methyl sites for hydroxylation is 1. The van der Waals surface area contributed by atoms with Crippen molar-refractivity contribution in [1.82, 2.24) is 0 Å². The third kappa shape index (κ3) is 4.16. The first-order valence-electron chi connectivity index (χ1n) is 8.82. The summed E-state index contributed by atoms with van der Waals surface area (Å²) >= 11 is 0. The maximum Gasteiger partial charge on any atom is 0.182 e. The van der Waals surface area contributed by atoms with Crippen molar-refractivity contribution in [3.8, 4) is 0 Å². The monoisotopic (exact) mass is 368 g/mol. The van der Waals surface area contributed by atoms with E-state index in [1.54, 1.807) is 12.1 Å². The van der Waals surface area contributed by atoms with E-state index in [2.05, 4.69) is 13.2 Å². The maximum atomic E-state index is 13.6. The molecule has 0 fully saturated rings. The predicted molar refractivity (Wildman–Crippen MR) is 110 cm³/mol. The highest BCUT2D eigenvalue weighted by Crippen LogP contribution is 2.39. The summed E-state index contributed by atoms with van der Waals surface area (Å²) in [6.07, 6.45) is 0. The number of rotatable bonds is 7. The molecule has 2 nitrogen and oxygen atoms in total. The van der Waals surface area contributed by atoms with Crippen LogP contribution < -0.4 is 0 Å². The van der Waals surface area contributed by atoms with E-state index in [4.69, 9.17) is 0 Å². The second kappa shape index (κ2) is 8.05. The van der Waals surface area contributed by atoms with Gasteiger partial charge in [0.25, 0.3) is 0 Å². The Morgan fingerprint density at radius 3 is 1.88 bits per heavy atom. The fourth-order valence-corrected chi connectivity index (χ4v) is 5.66. The molecule has 0 heterocycles. The first kappa shape index (κ1) is 20.2. The zero-order chi connectivity index (χ0) is 19.5. The largest absolute Gasteiger partial charge is 0.223 e. The molecule has 0 aliphatic rings. The minimum atomic E-state index is -3.58. The second-order valence-electron chi connectivity index (χ2n) is 7.19. The summed E-state index contributed by atoms with van der Waals surface area (Å²) in [5.74, 6) is -0.502. The Kier molecular flexibility index (Phi) is 6.25. The summed E-state index contributed by atoms with van der Waals surface area (Å²) in [5, 5.41) is -0.650. The third-order valence-corrected chi connectivity index (χ3v) is 7.32. The summed E-state index contributed by atoms with van der Waals surface area (Å²) < 4.78 is 27.3. The highest BCUT2D eigenvalue weighted by atomic mass is 32.2. The Hall–Kier alpha value is -2.13. The molecule has 0 N–H and O–H groups in total. The van der Waals surface area contributed by atoms with Gasteiger partial charge in [0.2, 0.25) is 0 Å². The Labute approximate surface area is 158 Å². The van der Waals surface area contributed by atoms with Gasteiger partial charge in [0.05, 0.1) is 10.1 Å². The van der Waals surface area contributed by atoms with Gasteiger partial charge in [-0.1, -0.05) is 79.3 Å². The first-order valence-corrected chi connectivity index (χ1v) is 10.4. The fourth-order valence-electron chi connectivity index (χ4n) is 3.32. The number of sulfone groups is 1. The molecule has 0 amide bonds. The maximum absolute atomic E-state index is 13.6. The normalized spacial score (nSPS) is 15.1. The molecule has 2 rings (SSSR count). The minimum Gasteiger partial charge on any atom is -0.223 e. The lowest BCUT2D eigenvalue weighted by molar-refractivity contribution is 0.513. The molecule has 138 valence electrons. The van der Waals surface area contributed by atoms with Crippen LogP contribution in [0.2, 0.25) is 0 Å². The van der Waals surface area contributed by atoms with Crippen LogP contribution in [-0.2, 0) is 9.84 Å². The van der Waals surface area contributed by atoms with Crippen LogP contribution in [0, 0.1) is 12.8 Å². The van der Waals surface area contributed by atoms with Crippen LogP contribution in [0.5, 0.6) is 0 Å². The van der Waals surface area contributed by atoms with Gasteiger partial charge in [-0.3, -0.25) is 0 Å². The highest BCUT2D eigenvalue weighted by Gasteiger charge is 2.40. The van der Waals surface area contributed by atoms with E-state index in [-0.39, 0.29) is 11.8 Å². The molecule has 3 atom stereocenters. The van der Waals surface area contributed by atoms with Crippen LogP contribution >= 0.6 is 0 Å². The quantitative estimate of drug-likeness (QED) is 0.587. The van der Waals surface area contributed by atoms with Crippen molar-refractivity contribution in [2.24, 2.45) is 5.92 Å². The van der Waals surface area contributed by atoms with E-state index in [1.807, 2.05) is 70.2 Å². The summed E-state index contributed by atoms with van der Waals surface area (Å²) in [6.45, 7) is 15.8. The second-order valence-corrected chi connectivity index (χ2v) is 9.30. The smallest absolute Gasteiger partial charge is 0.182 e. The lowest BCUT2D eigenvalue weighted by Crippen LogP contribution is -2.35. The van der Waals surface area contributed by atoms with Gasteiger partial charge in [-0.15, -0.1) is 0 Å². The topological polar surface area (TPSA) is 34.1 Å². The van der Waals surface area contributed by atoms with Gasteiger partial charge in [-0.25, -0.2) is 8.42 Å². The van der Waals surface area contributed by atoms with Crippen molar-refractivity contribution in [2.75, 3.05) is 0 Å². The van der Waals surface area contributed by atoms with Crippen LogP contribution in [0.3, 0.4) is 0 Å². The molecule has 2 aromatic carbocycles. The Morgan fingerprint density at radius 1 is 0.885 bits per heavy atom. The van der Waals surface area contributed by atoms with Gasteiger partial charge >= 0.3 is 0 Å². The van der Waals surface area contributed by atoms with Crippen LogP contribution in [0.1, 0.15) is 37.8 Å². The van der Waals surface area contributed by atoms with Crippen molar-refractivity contribution in [3.05, 3.63) is 90.0 Å². The van der Waals surface area contributed by atoms with Crippen LogP contribution in [0.15, 0.2) is 83.8 Å². The lowest BCUT2D eigenvalue weighted by Gasteiger charge is -2.33. The standard InChI is InChI=1S/C23H28O2S/c1-16(2)19(6)23(22(17(3)4)20-10-8-7-9-11-20)26(24,25)21-14-12-18(5)13-15-21/h7-15,19,22-23H,1,3H2,2,4-6H3.